The van der Waals surface area contributed by atoms with Crippen molar-refractivity contribution in [3.05, 3.63) is 67.6 Å². The van der Waals surface area contributed by atoms with Gasteiger partial charge in [0.15, 0.2) is 0 Å². The van der Waals surface area contributed by atoms with Gasteiger partial charge in [0.1, 0.15) is 11.5 Å². The predicted octanol–water partition coefficient (Wildman–Crippen LogP) is 5.39. The van der Waals surface area contributed by atoms with E-state index in [1.165, 1.54) is 0 Å². The fourth-order valence-corrected chi connectivity index (χ4v) is 6.67. The molecule has 12 heteroatoms. The number of halogens is 4. The summed E-state index contributed by atoms with van der Waals surface area (Å²) in [5.41, 5.74) is 1.52. The molecule has 0 bridgehead atoms. The number of carbonyl (C=O) groups excluding carboxylic acids is 1. The number of benzene rings is 2. The first-order valence-electron chi connectivity index (χ1n) is 12.6. The van der Waals surface area contributed by atoms with Crippen molar-refractivity contribution in [1.82, 2.24) is 14.7 Å². The molecule has 0 aliphatic carbocycles. The largest absolute Gasteiger partial charge is 0.616 e. The van der Waals surface area contributed by atoms with Gasteiger partial charge >= 0.3 is 0 Å². The molecule has 2 aliphatic rings. The molecule has 0 aromatic heterocycles. The summed E-state index contributed by atoms with van der Waals surface area (Å²) < 4.78 is 11.6. The van der Waals surface area contributed by atoms with Crippen LogP contribution in [0.15, 0.2) is 36.4 Å². The highest BCUT2D eigenvalue weighted by atomic mass is 35.5. The van der Waals surface area contributed by atoms with Crippen molar-refractivity contribution in [2.45, 2.75) is 25.3 Å². The van der Waals surface area contributed by atoms with Crippen molar-refractivity contribution in [3.8, 4) is 0 Å². The number of carbonyl (C=O) groups is 2. The number of rotatable bonds is 8. The number of carboxylic acids is 1. The number of amides is 1. The molecule has 2 aliphatic heterocycles. The van der Waals surface area contributed by atoms with E-state index in [2.05, 4.69) is 9.80 Å². The fourth-order valence-electron chi connectivity index (χ4n) is 4.75. The molecule has 2 saturated heterocycles. The molecule has 2 fully saturated rings. The van der Waals surface area contributed by atoms with Gasteiger partial charge in [-0.1, -0.05) is 63.6 Å². The van der Waals surface area contributed by atoms with Crippen LogP contribution < -0.4 is 0 Å². The van der Waals surface area contributed by atoms with Gasteiger partial charge in [0, 0.05) is 74.3 Å². The minimum absolute atomic E-state index is 0.0878. The maximum absolute atomic E-state index is 13.1. The van der Waals surface area contributed by atoms with Gasteiger partial charge in [0.05, 0.1) is 10.0 Å². The van der Waals surface area contributed by atoms with Crippen LogP contribution in [0.2, 0.25) is 20.1 Å². The molecule has 2 heterocycles. The molecule has 0 radical (unpaired) electrons. The normalized spacial score (nSPS) is 17.6. The van der Waals surface area contributed by atoms with E-state index in [1.807, 2.05) is 18.2 Å². The second-order valence-electron chi connectivity index (χ2n) is 9.82. The van der Waals surface area contributed by atoms with Crippen LogP contribution in [0.25, 0.3) is 0 Å². The minimum atomic E-state index is -0.833. The summed E-state index contributed by atoms with van der Waals surface area (Å²) in [5, 5.41) is 9.31. The third-order valence-corrected chi connectivity index (χ3v) is 9.28. The molecule has 4 rings (SSSR count). The van der Waals surface area contributed by atoms with E-state index in [4.69, 9.17) is 56.3 Å². The molecule has 1 N–H and O–H groups in total. The molecular formula is C27H33Cl4N3O4S. The first-order chi connectivity index (χ1) is 18.4. The zero-order valence-electron chi connectivity index (χ0n) is 21.9. The zero-order valence-corrected chi connectivity index (χ0v) is 25.8. The molecule has 2 aromatic carbocycles. The zero-order chi connectivity index (χ0) is 28.7. The van der Waals surface area contributed by atoms with Crippen LogP contribution in [0.3, 0.4) is 0 Å². The molecular weight excluding hydrogens is 604 g/mol. The summed E-state index contributed by atoms with van der Waals surface area (Å²) in [5.74, 6) is 0.693. The van der Waals surface area contributed by atoms with Crippen molar-refractivity contribution in [2.24, 2.45) is 0 Å². The molecule has 1 amide bonds. The van der Waals surface area contributed by atoms with Crippen LogP contribution >= 0.6 is 46.4 Å². The lowest BCUT2D eigenvalue weighted by Gasteiger charge is -2.47. The molecule has 1 atom stereocenters. The lowest BCUT2D eigenvalue weighted by Crippen LogP contribution is -2.62. The predicted molar refractivity (Wildman–Crippen MR) is 160 cm³/mol. The van der Waals surface area contributed by atoms with Gasteiger partial charge in [0.25, 0.3) is 11.9 Å². The first kappa shape index (κ1) is 32.3. The highest BCUT2D eigenvalue weighted by molar-refractivity contribution is 7.91. The average Bonchev–Trinajstić information content (AvgIpc) is 2.83. The monoisotopic (exact) mass is 635 g/mol. The van der Waals surface area contributed by atoms with E-state index in [1.54, 1.807) is 30.1 Å². The van der Waals surface area contributed by atoms with Crippen molar-refractivity contribution >= 4 is 69.5 Å². The summed E-state index contributed by atoms with van der Waals surface area (Å²) in [4.78, 5) is 28.7. The SMILES string of the molecule is CC(=O)O.CN(C[C@@H](CCN1CC(N2CC[S+]([O-])CC2)C1)c1ccc(Cl)c(Cl)c1)C(=O)c1cc(Cl)cc(Cl)c1. The van der Waals surface area contributed by atoms with Crippen LogP contribution in [0, 0.1) is 0 Å². The van der Waals surface area contributed by atoms with Crippen molar-refractivity contribution < 1.29 is 19.2 Å². The summed E-state index contributed by atoms with van der Waals surface area (Å²) in [7, 11) is 1.79. The Bertz CT molecular complexity index is 1120. The number of hydrogen-bond acceptors (Lipinski definition) is 5. The van der Waals surface area contributed by atoms with Gasteiger partial charge in [-0.3, -0.25) is 14.5 Å². The minimum Gasteiger partial charge on any atom is -0.616 e. The van der Waals surface area contributed by atoms with E-state index in [0.717, 1.165) is 63.1 Å². The second kappa shape index (κ2) is 15.1. The number of hydrogen-bond donors (Lipinski definition) is 1. The van der Waals surface area contributed by atoms with E-state index >= 15 is 0 Å². The average molecular weight is 637 g/mol. The fraction of sp³-hybridized carbons (Fsp3) is 0.481. The van der Waals surface area contributed by atoms with E-state index in [-0.39, 0.29) is 11.8 Å². The van der Waals surface area contributed by atoms with Gasteiger partial charge in [-0.2, -0.15) is 0 Å². The van der Waals surface area contributed by atoms with Gasteiger partial charge in [-0.05, 0) is 48.9 Å². The number of likely N-dealkylation sites (tertiary alicyclic amines) is 1. The molecule has 7 nitrogen and oxygen atoms in total. The Morgan fingerprint density at radius 2 is 1.64 bits per heavy atom. The third-order valence-electron chi connectivity index (χ3n) is 6.83. The van der Waals surface area contributed by atoms with Gasteiger partial charge in [-0.25, -0.2) is 0 Å². The lowest BCUT2D eigenvalue weighted by atomic mass is 9.93. The van der Waals surface area contributed by atoms with Crippen molar-refractivity contribution in [2.75, 3.05) is 57.8 Å². The topological polar surface area (TPSA) is 87.2 Å². The van der Waals surface area contributed by atoms with Gasteiger partial charge < -0.3 is 19.5 Å². The molecule has 0 spiro atoms. The molecule has 39 heavy (non-hydrogen) atoms. The van der Waals surface area contributed by atoms with E-state index in [9.17, 15) is 9.35 Å². The van der Waals surface area contributed by atoms with Crippen LogP contribution in [-0.2, 0) is 16.0 Å². The maximum atomic E-state index is 13.1. The van der Waals surface area contributed by atoms with Gasteiger partial charge in [-0.15, -0.1) is 0 Å². The van der Waals surface area contributed by atoms with Crippen LogP contribution in [-0.4, -0.2) is 100 Å². The number of carboxylic acid groups (broad SMARTS) is 1. The quantitative estimate of drug-likeness (QED) is 0.391. The second-order valence-corrected chi connectivity index (χ2v) is 13.2. The maximum Gasteiger partial charge on any atom is 0.300 e. The van der Waals surface area contributed by atoms with Crippen LogP contribution in [0.1, 0.15) is 35.2 Å². The molecule has 214 valence electrons. The smallest absolute Gasteiger partial charge is 0.300 e. The Labute approximate surface area is 253 Å². The number of nitrogens with zero attached hydrogens (tertiary/aromatic N) is 3. The highest BCUT2D eigenvalue weighted by Crippen LogP contribution is 2.30. The van der Waals surface area contributed by atoms with E-state index in [0.29, 0.717) is 38.2 Å². The van der Waals surface area contributed by atoms with Crippen LogP contribution in [0.5, 0.6) is 0 Å². The molecule has 0 unspecified atom stereocenters. The Balaban J connectivity index is 0.000000983. The first-order valence-corrected chi connectivity index (χ1v) is 15.6. The summed E-state index contributed by atoms with van der Waals surface area (Å²) >= 11 is 24.0. The van der Waals surface area contributed by atoms with Crippen molar-refractivity contribution in [1.29, 1.82) is 0 Å². The van der Waals surface area contributed by atoms with E-state index < -0.39 is 17.1 Å². The van der Waals surface area contributed by atoms with Crippen LogP contribution in [0.4, 0.5) is 0 Å². The molecule has 2 aromatic rings. The summed E-state index contributed by atoms with van der Waals surface area (Å²) in [6.45, 7) is 6.43. The number of aliphatic carboxylic acids is 1. The molecule has 0 saturated carbocycles. The summed E-state index contributed by atoms with van der Waals surface area (Å²) in [6.07, 6.45) is 0.878. The Hall–Kier alpha value is -1.23. The Kier molecular flexibility index (Phi) is 12.5. The Morgan fingerprint density at radius 3 is 2.21 bits per heavy atom. The summed E-state index contributed by atoms with van der Waals surface area (Å²) in [6, 6.07) is 11.1. The van der Waals surface area contributed by atoms with Crippen molar-refractivity contribution in [3.63, 3.8) is 0 Å². The van der Waals surface area contributed by atoms with Gasteiger partial charge in [0.2, 0.25) is 0 Å². The third kappa shape index (κ3) is 9.97. The lowest BCUT2D eigenvalue weighted by molar-refractivity contribution is -0.134. The Morgan fingerprint density at radius 1 is 1.05 bits per heavy atom. The standard InChI is InChI=1S/C25H29Cl4N3O2S.C2H4O2/c1-30(25(33)19-10-20(26)13-21(27)11-19)14-18(17-2-3-23(28)24(29)12-17)4-5-31-15-22(16-31)32-6-8-35(34)9-7-32;1-2(3)4/h2-3,10-13,18,22H,4-9,14-16H2,1H3;1H3,(H,3,4)/t18-;/m1./s1. The number of likely N-dealkylation sites (N-methyl/N-ethyl adjacent to an activating group) is 1. The highest BCUT2D eigenvalue weighted by Gasteiger charge is 2.34.